The lowest BCUT2D eigenvalue weighted by molar-refractivity contribution is 0.0697. The van der Waals surface area contributed by atoms with E-state index in [4.69, 9.17) is 9.84 Å². The minimum absolute atomic E-state index is 0.273. The summed E-state index contributed by atoms with van der Waals surface area (Å²) in [6, 6.07) is 5.10. The van der Waals surface area contributed by atoms with Gasteiger partial charge in [0.25, 0.3) is 0 Å². The first-order valence-corrected chi connectivity index (χ1v) is 6.77. The van der Waals surface area contributed by atoms with Gasteiger partial charge >= 0.3 is 5.97 Å². The SMILES string of the molecule is COCCCn1c(C(C)C)nc2cc(C(=O)O)ccc21. The minimum Gasteiger partial charge on any atom is -0.478 e. The van der Waals surface area contributed by atoms with Gasteiger partial charge in [0.2, 0.25) is 0 Å². The summed E-state index contributed by atoms with van der Waals surface area (Å²) in [5.74, 6) is 0.351. The number of carbonyl (C=O) groups is 1. The maximum atomic E-state index is 11.0. The first-order valence-electron chi connectivity index (χ1n) is 6.77. The number of ether oxygens (including phenoxy) is 1. The van der Waals surface area contributed by atoms with Crippen LogP contribution in [0.1, 0.15) is 42.4 Å². The van der Waals surface area contributed by atoms with E-state index in [0.29, 0.717) is 12.5 Å². The fourth-order valence-electron chi connectivity index (χ4n) is 2.32. The van der Waals surface area contributed by atoms with Crippen LogP contribution in [0.4, 0.5) is 0 Å². The summed E-state index contributed by atoms with van der Waals surface area (Å²) in [6.45, 7) is 5.70. The number of carboxylic acid groups (broad SMARTS) is 1. The molecule has 1 N–H and O–H groups in total. The van der Waals surface area contributed by atoms with E-state index in [-0.39, 0.29) is 5.56 Å². The molecule has 0 unspecified atom stereocenters. The van der Waals surface area contributed by atoms with E-state index in [9.17, 15) is 4.79 Å². The minimum atomic E-state index is -0.924. The Morgan fingerprint density at radius 2 is 2.20 bits per heavy atom. The monoisotopic (exact) mass is 276 g/mol. The molecule has 20 heavy (non-hydrogen) atoms. The highest BCUT2D eigenvalue weighted by Crippen LogP contribution is 2.23. The average molecular weight is 276 g/mol. The maximum Gasteiger partial charge on any atom is 0.335 e. The molecule has 0 bridgehead atoms. The van der Waals surface area contributed by atoms with Gasteiger partial charge < -0.3 is 14.4 Å². The highest BCUT2D eigenvalue weighted by atomic mass is 16.5. The molecule has 0 aliphatic heterocycles. The lowest BCUT2D eigenvalue weighted by Crippen LogP contribution is -2.07. The Morgan fingerprint density at radius 1 is 1.45 bits per heavy atom. The molecule has 1 aromatic heterocycles. The van der Waals surface area contributed by atoms with Crippen LogP contribution < -0.4 is 0 Å². The predicted octanol–water partition coefficient (Wildman–Crippen LogP) is 2.89. The van der Waals surface area contributed by atoms with Gasteiger partial charge in [-0.25, -0.2) is 9.78 Å². The normalized spacial score (nSPS) is 11.4. The number of methoxy groups -OCH3 is 1. The average Bonchev–Trinajstić information content (AvgIpc) is 2.77. The van der Waals surface area contributed by atoms with Crippen molar-refractivity contribution >= 4 is 17.0 Å². The molecule has 0 atom stereocenters. The molecule has 0 saturated carbocycles. The smallest absolute Gasteiger partial charge is 0.335 e. The molecule has 0 aliphatic rings. The third-order valence-electron chi connectivity index (χ3n) is 3.27. The van der Waals surface area contributed by atoms with Crippen molar-refractivity contribution in [1.29, 1.82) is 0 Å². The molecule has 108 valence electrons. The lowest BCUT2D eigenvalue weighted by Gasteiger charge is -2.11. The molecule has 1 heterocycles. The number of benzene rings is 1. The molecule has 0 saturated heterocycles. The fraction of sp³-hybridized carbons (Fsp3) is 0.467. The fourth-order valence-corrected chi connectivity index (χ4v) is 2.32. The van der Waals surface area contributed by atoms with Gasteiger partial charge in [-0.3, -0.25) is 0 Å². The third-order valence-corrected chi connectivity index (χ3v) is 3.27. The van der Waals surface area contributed by atoms with Crippen molar-refractivity contribution in [1.82, 2.24) is 9.55 Å². The second-order valence-corrected chi connectivity index (χ2v) is 5.13. The zero-order valence-corrected chi connectivity index (χ0v) is 12.1. The number of nitrogens with zero attached hydrogens (tertiary/aromatic N) is 2. The van der Waals surface area contributed by atoms with Crippen molar-refractivity contribution in [3.8, 4) is 0 Å². The van der Waals surface area contributed by atoms with E-state index in [1.54, 1.807) is 19.2 Å². The van der Waals surface area contributed by atoms with Crippen LogP contribution in [0.15, 0.2) is 18.2 Å². The molecule has 5 heteroatoms. The topological polar surface area (TPSA) is 64.4 Å². The van der Waals surface area contributed by atoms with E-state index in [0.717, 1.165) is 29.8 Å². The first-order chi connectivity index (χ1) is 9.54. The van der Waals surface area contributed by atoms with Gasteiger partial charge in [-0.05, 0) is 24.6 Å². The molecule has 5 nitrogen and oxygen atoms in total. The third kappa shape index (κ3) is 2.82. The number of aryl methyl sites for hydroxylation is 1. The Kier molecular flexibility index (Phi) is 4.39. The number of aromatic carboxylic acids is 1. The van der Waals surface area contributed by atoms with E-state index >= 15 is 0 Å². The van der Waals surface area contributed by atoms with Gasteiger partial charge in [-0.2, -0.15) is 0 Å². The maximum absolute atomic E-state index is 11.0. The van der Waals surface area contributed by atoms with Crippen LogP contribution in [-0.4, -0.2) is 34.3 Å². The van der Waals surface area contributed by atoms with Gasteiger partial charge in [-0.15, -0.1) is 0 Å². The van der Waals surface area contributed by atoms with E-state index in [2.05, 4.69) is 23.4 Å². The zero-order valence-electron chi connectivity index (χ0n) is 12.1. The van der Waals surface area contributed by atoms with Gasteiger partial charge in [0.1, 0.15) is 5.82 Å². The van der Waals surface area contributed by atoms with Crippen LogP contribution in [0.5, 0.6) is 0 Å². The Balaban J connectivity index is 2.46. The van der Waals surface area contributed by atoms with Crippen LogP contribution in [-0.2, 0) is 11.3 Å². The van der Waals surface area contributed by atoms with Crippen molar-refractivity contribution in [3.05, 3.63) is 29.6 Å². The molecule has 0 amide bonds. The standard InChI is InChI=1S/C15H20N2O3/c1-10(2)14-16-12-9-11(15(18)19)5-6-13(12)17(14)7-4-8-20-3/h5-6,9-10H,4,7-8H2,1-3H3,(H,18,19). The molecule has 0 fully saturated rings. The Labute approximate surface area is 118 Å². The summed E-state index contributed by atoms with van der Waals surface area (Å²) in [5, 5.41) is 9.05. The summed E-state index contributed by atoms with van der Waals surface area (Å²) in [4.78, 5) is 15.6. The molecule has 0 aliphatic carbocycles. The summed E-state index contributed by atoms with van der Waals surface area (Å²) in [6.07, 6.45) is 0.905. The van der Waals surface area contributed by atoms with Gasteiger partial charge in [0, 0.05) is 26.2 Å². The summed E-state index contributed by atoms with van der Waals surface area (Å²) >= 11 is 0. The first kappa shape index (κ1) is 14.5. The number of rotatable bonds is 6. The van der Waals surface area contributed by atoms with Crippen LogP contribution in [0, 0.1) is 0 Å². The van der Waals surface area contributed by atoms with Crippen LogP contribution in [0.3, 0.4) is 0 Å². The number of carboxylic acids is 1. The molecule has 0 spiro atoms. The van der Waals surface area contributed by atoms with Crippen molar-refractivity contribution < 1.29 is 14.6 Å². The predicted molar refractivity (Wildman–Crippen MR) is 77.3 cm³/mol. The highest BCUT2D eigenvalue weighted by molar-refractivity contribution is 5.92. The number of fused-ring (bicyclic) bond motifs is 1. The molecular formula is C15H20N2O3. The van der Waals surface area contributed by atoms with Gasteiger partial charge in [0.05, 0.1) is 16.6 Å². The highest BCUT2D eigenvalue weighted by Gasteiger charge is 2.15. The largest absolute Gasteiger partial charge is 0.478 e. The number of hydrogen-bond donors (Lipinski definition) is 1. The van der Waals surface area contributed by atoms with Crippen molar-refractivity contribution in [3.63, 3.8) is 0 Å². The Hall–Kier alpha value is -1.88. The van der Waals surface area contributed by atoms with Gasteiger partial charge in [0.15, 0.2) is 0 Å². The molecule has 1 aromatic carbocycles. The van der Waals surface area contributed by atoms with Crippen LogP contribution in [0.2, 0.25) is 0 Å². The van der Waals surface area contributed by atoms with E-state index < -0.39 is 5.97 Å². The number of hydrogen-bond acceptors (Lipinski definition) is 3. The van der Waals surface area contributed by atoms with Crippen molar-refractivity contribution in [2.45, 2.75) is 32.7 Å². The molecular weight excluding hydrogens is 256 g/mol. The van der Waals surface area contributed by atoms with Crippen molar-refractivity contribution in [2.24, 2.45) is 0 Å². The van der Waals surface area contributed by atoms with Crippen molar-refractivity contribution in [2.75, 3.05) is 13.7 Å². The van der Waals surface area contributed by atoms with Crippen LogP contribution >= 0.6 is 0 Å². The quantitative estimate of drug-likeness (QED) is 0.824. The zero-order chi connectivity index (χ0) is 14.7. The number of aromatic nitrogens is 2. The Morgan fingerprint density at radius 3 is 2.80 bits per heavy atom. The Bertz CT molecular complexity index is 617. The molecule has 0 radical (unpaired) electrons. The van der Waals surface area contributed by atoms with E-state index in [1.807, 2.05) is 6.07 Å². The van der Waals surface area contributed by atoms with Gasteiger partial charge in [-0.1, -0.05) is 13.8 Å². The lowest BCUT2D eigenvalue weighted by atomic mass is 10.2. The van der Waals surface area contributed by atoms with E-state index in [1.165, 1.54) is 0 Å². The molecule has 2 rings (SSSR count). The second kappa shape index (κ2) is 6.05. The molecule has 2 aromatic rings. The summed E-state index contributed by atoms with van der Waals surface area (Å²) in [5.41, 5.74) is 2.00. The second-order valence-electron chi connectivity index (χ2n) is 5.13. The summed E-state index contributed by atoms with van der Waals surface area (Å²) in [7, 11) is 1.69. The van der Waals surface area contributed by atoms with Crippen LogP contribution in [0.25, 0.3) is 11.0 Å². The number of imidazole rings is 1. The summed E-state index contributed by atoms with van der Waals surface area (Å²) < 4.78 is 7.25.